The molecule has 1 fully saturated rings. The second-order valence-corrected chi connectivity index (χ2v) is 6.90. The Balaban J connectivity index is 1.49. The summed E-state index contributed by atoms with van der Waals surface area (Å²) < 4.78 is 7.40. The number of carbonyl (C=O) groups is 1. The van der Waals surface area contributed by atoms with Crippen molar-refractivity contribution in [2.24, 2.45) is 0 Å². The Kier molecular flexibility index (Phi) is 5.00. The number of imidazole rings is 1. The number of aromatic nitrogens is 4. The van der Waals surface area contributed by atoms with Gasteiger partial charge in [-0.1, -0.05) is 12.1 Å². The van der Waals surface area contributed by atoms with Gasteiger partial charge >= 0.3 is 0 Å². The molecule has 140 valence electrons. The van der Waals surface area contributed by atoms with Crippen LogP contribution in [-0.2, 0) is 13.0 Å². The third kappa shape index (κ3) is 3.77. The van der Waals surface area contributed by atoms with Crippen LogP contribution in [-0.4, -0.2) is 43.6 Å². The van der Waals surface area contributed by atoms with Crippen molar-refractivity contribution >= 4 is 5.91 Å². The Morgan fingerprint density at radius 3 is 2.93 bits per heavy atom. The lowest BCUT2D eigenvalue weighted by molar-refractivity contribution is 0.0661. The fraction of sp³-hybridized carbons (Fsp3) is 0.400. The van der Waals surface area contributed by atoms with Gasteiger partial charge in [-0.05, 0) is 37.0 Å². The normalized spacial score (nSPS) is 17.2. The molecule has 7 heteroatoms. The highest BCUT2D eigenvalue weighted by molar-refractivity contribution is 5.91. The number of piperidine rings is 1. The first-order chi connectivity index (χ1) is 13.2. The molecule has 1 aliphatic rings. The van der Waals surface area contributed by atoms with Crippen LogP contribution in [0.3, 0.4) is 0 Å². The van der Waals surface area contributed by atoms with Crippen LogP contribution in [0.4, 0.5) is 0 Å². The van der Waals surface area contributed by atoms with E-state index in [2.05, 4.69) is 19.7 Å². The van der Waals surface area contributed by atoms with Gasteiger partial charge in [0.15, 0.2) is 0 Å². The third-order valence-electron chi connectivity index (χ3n) is 5.06. The zero-order valence-electron chi connectivity index (χ0n) is 15.4. The predicted octanol–water partition coefficient (Wildman–Crippen LogP) is 2.90. The van der Waals surface area contributed by atoms with Crippen LogP contribution in [0.1, 0.15) is 53.3 Å². The third-order valence-corrected chi connectivity index (χ3v) is 5.06. The standard InChI is InChI=1S/C20H23N5O2/c1-2-17-12-18(27-23-17)20(26)25-10-3-4-16(14-25)19-22-9-11-24(19)13-15-5-7-21-8-6-15/h5-9,11-12,16H,2-4,10,13-14H2,1H3/t16-/m1/s1. The highest BCUT2D eigenvalue weighted by Crippen LogP contribution is 2.27. The molecule has 1 aliphatic heterocycles. The monoisotopic (exact) mass is 365 g/mol. The summed E-state index contributed by atoms with van der Waals surface area (Å²) in [5, 5.41) is 3.94. The zero-order chi connectivity index (χ0) is 18.6. The van der Waals surface area contributed by atoms with Crippen molar-refractivity contribution in [3.05, 3.63) is 65.8 Å². The number of hydrogen-bond acceptors (Lipinski definition) is 5. The number of hydrogen-bond donors (Lipinski definition) is 0. The summed E-state index contributed by atoms with van der Waals surface area (Å²) in [7, 11) is 0. The molecule has 0 bridgehead atoms. The van der Waals surface area contributed by atoms with Crippen LogP contribution in [0.25, 0.3) is 0 Å². The van der Waals surface area contributed by atoms with E-state index in [0.717, 1.165) is 43.9 Å². The topological polar surface area (TPSA) is 77.0 Å². The van der Waals surface area contributed by atoms with E-state index in [1.807, 2.05) is 36.4 Å². The molecule has 4 rings (SSSR count). The minimum absolute atomic E-state index is 0.0841. The number of amides is 1. The molecule has 4 heterocycles. The largest absolute Gasteiger partial charge is 0.351 e. The molecule has 0 unspecified atom stereocenters. The van der Waals surface area contributed by atoms with Crippen LogP contribution >= 0.6 is 0 Å². The molecule has 7 nitrogen and oxygen atoms in total. The minimum Gasteiger partial charge on any atom is -0.351 e. The molecule has 3 aromatic rings. The number of pyridine rings is 1. The Labute approximate surface area is 158 Å². The number of carbonyl (C=O) groups excluding carboxylic acids is 1. The maximum atomic E-state index is 12.8. The summed E-state index contributed by atoms with van der Waals surface area (Å²) in [5.74, 6) is 1.48. The van der Waals surface area contributed by atoms with E-state index in [0.29, 0.717) is 12.3 Å². The quantitative estimate of drug-likeness (QED) is 0.695. The Bertz CT molecular complexity index is 902. The van der Waals surface area contributed by atoms with E-state index in [1.54, 1.807) is 18.5 Å². The molecule has 0 aliphatic carbocycles. The average molecular weight is 365 g/mol. The lowest BCUT2D eigenvalue weighted by atomic mass is 9.96. The molecule has 0 N–H and O–H groups in total. The minimum atomic E-state index is -0.0841. The molecule has 0 radical (unpaired) electrons. The first-order valence-corrected chi connectivity index (χ1v) is 9.39. The van der Waals surface area contributed by atoms with E-state index in [4.69, 9.17) is 4.52 Å². The van der Waals surface area contributed by atoms with Gasteiger partial charge in [0.25, 0.3) is 5.91 Å². The molecule has 1 atom stereocenters. The first-order valence-electron chi connectivity index (χ1n) is 9.39. The average Bonchev–Trinajstić information content (AvgIpc) is 3.38. The highest BCUT2D eigenvalue weighted by Gasteiger charge is 2.29. The molecular weight excluding hydrogens is 342 g/mol. The van der Waals surface area contributed by atoms with Gasteiger partial charge < -0.3 is 14.0 Å². The van der Waals surface area contributed by atoms with Gasteiger partial charge in [-0.15, -0.1) is 0 Å². The summed E-state index contributed by atoms with van der Waals surface area (Å²) in [6, 6.07) is 5.77. The molecule has 3 aromatic heterocycles. The first kappa shape index (κ1) is 17.5. The summed E-state index contributed by atoms with van der Waals surface area (Å²) >= 11 is 0. The lowest BCUT2D eigenvalue weighted by Gasteiger charge is -2.32. The van der Waals surface area contributed by atoms with Crippen LogP contribution in [0.15, 0.2) is 47.5 Å². The number of rotatable bonds is 5. The van der Waals surface area contributed by atoms with E-state index < -0.39 is 0 Å². The van der Waals surface area contributed by atoms with Gasteiger partial charge in [0.05, 0.1) is 5.69 Å². The summed E-state index contributed by atoms with van der Waals surface area (Å²) in [6.45, 7) is 4.13. The van der Waals surface area contributed by atoms with Gasteiger partial charge in [0.1, 0.15) is 5.82 Å². The number of likely N-dealkylation sites (tertiary alicyclic amines) is 1. The maximum absolute atomic E-state index is 12.8. The van der Waals surface area contributed by atoms with E-state index >= 15 is 0 Å². The van der Waals surface area contributed by atoms with Crippen molar-refractivity contribution in [2.75, 3.05) is 13.1 Å². The zero-order valence-corrected chi connectivity index (χ0v) is 15.4. The van der Waals surface area contributed by atoms with Crippen molar-refractivity contribution in [1.29, 1.82) is 0 Å². The van der Waals surface area contributed by atoms with Gasteiger partial charge in [-0.3, -0.25) is 9.78 Å². The van der Waals surface area contributed by atoms with Crippen LogP contribution in [0.5, 0.6) is 0 Å². The van der Waals surface area contributed by atoms with Crippen molar-refractivity contribution in [1.82, 2.24) is 24.6 Å². The Hall–Kier alpha value is -2.96. The van der Waals surface area contributed by atoms with Crippen molar-refractivity contribution in [3.8, 4) is 0 Å². The van der Waals surface area contributed by atoms with Crippen molar-refractivity contribution in [3.63, 3.8) is 0 Å². The summed E-state index contributed by atoms with van der Waals surface area (Å²) in [5.41, 5.74) is 1.99. The van der Waals surface area contributed by atoms with Crippen LogP contribution < -0.4 is 0 Å². The fourth-order valence-corrected chi connectivity index (χ4v) is 3.61. The Morgan fingerprint density at radius 1 is 1.30 bits per heavy atom. The van der Waals surface area contributed by atoms with Crippen LogP contribution in [0, 0.1) is 0 Å². The number of aryl methyl sites for hydroxylation is 1. The van der Waals surface area contributed by atoms with Gasteiger partial charge in [-0.25, -0.2) is 4.98 Å². The van der Waals surface area contributed by atoms with Crippen LogP contribution in [0.2, 0.25) is 0 Å². The van der Waals surface area contributed by atoms with Gasteiger partial charge in [0.2, 0.25) is 5.76 Å². The number of nitrogens with zero attached hydrogens (tertiary/aromatic N) is 5. The Morgan fingerprint density at radius 2 is 2.15 bits per heavy atom. The smallest absolute Gasteiger partial charge is 0.292 e. The summed E-state index contributed by atoms with van der Waals surface area (Å²) in [6.07, 6.45) is 10.2. The fourth-order valence-electron chi connectivity index (χ4n) is 3.61. The highest BCUT2D eigenvalue weighted by atomic mass is 16.5. The maximum Gasteiger partial charge on any atom is 0.292 e. The second-order valence-electron chi connectivity index (χ2n) is 6.90. The molecule has 1 saturated heterocycles. The predicted molar refractivity (Wildman–Crippen MR) is 99.3 cm³/mol. The van der Waals surface area contributed by atoms with E-state index in [-0.39, 0.29) is 11.8 Å². The molecular formula is C20H23N5O2. The summed E-state index contributed by atoms with van der Waals surface area (Å²) in [4.78, 5) is 23.3. The van der Waals surface area contributed by atoms with Gasteiger partial charge in [-0.2, -0.15) is 0 Å². The molecule has 0 saturated carbocycles. The lowest BCUT2D eigenvalue weighted by Crippen LogP contribution is -2.39. The van der Waals surface area contributed by atoms with E-state index in [9.17, 15) is 4.79 Å². The van der Waals surface area contributed by atoms with Crippen molar-refractivity contribution < 1.29 is 9.32 Å². The second kappa shape index (κ2) is 7.73. The SMILES string of the molecule is CCc1cc(C(=O)N2CCC[C@@H](c3nccn3Cc3ccncc3)C2)on1. The molecule has 1 amide bonds. The molecule has 0 aromatic carbocycles. The van der Waals surface area contributed by atoms with E-state index in [1.165, 1.54) is 5.56 Å². The van der Waals surface area contributed by atoms with Gasteiger partial charge in [0, 0.05) is 56.4 Å². The molecule has 27 heavy (non-hydrogen) atoms. The molecule has 0 spiro atoms. The van der Waals surface area contributed by atoms with Crippen molar-refractivity contribution in [2.45, 2.75) is 38.6 Å².